The molecule has 8 heteroatoms. The molecular formula is C23H25ClN6O. The molecular weight excluding hydrogens is 412 g/mol. The molecule has 1 aromatic carbocycles. The van der Waals surface area contributed by atoms with E-state index in [1.807, 2.05) is 43.5 Å². The third-order valence-electron chi connectivity index (χ3n) is 5.85. The van der Waals surface area contributed by atoms with Crippen LogP contribution in [-0.4, -0.2) is 51.6 Å². The maximum Gasteiger partial charge on any atom is 0.241 e. The summed E-state index contributed by atoms with van der Waals surface area (Å²) in [5.41, 5.74) is 2.56. The smallest absolute Gasteiger partial charge is 0.241 e. The fourth-order valence-corrected chi connectivity index (χ4v) is 4.24. The molecule has 0 atom stereocenters. The molecule has 4 rings (SSSR count). The van der Waals surface area contributed by atoms with Gasteiger partial charge in [-0.3, -0.25) is 14.1 Å². The van der Waals surface area contributed by atoms with E-state index in [1.54, 1.807) is 11.0 Å². The Bertz CT molecular complexity index is 1110. The highest BCUT2D eigenvalue weighted by molar-refractivity contribution is 6.31. The van der Waals surface area contributed by atoms with Gasteiger partial charge >= 0.3 is 0 Å². The molecule has 0 unspecified atom stereocenters. The van der Waals surface area contributed by atoms with E-state index in [0.717, 1.165) is 48.7 Å². The van der Waals surface area contributed by atoms with Crippen molar-refractivity contribution in [1.82, 2.24) is 19.5 Å². The van der Waals surface area contributed by atoms with Crippen molar-refractivity contribution >= 4 is 28.8 Å². The Morgan fingerprint density at radius 2 is 2.06 bits per heavy atom. The summed E-state index contributed by atoms with van der Waals surface area (Å²) >= 11 is 6.14. The van der Waals surface area contributed by atoms with Gasteiger partial charge in [0.15, 0.2) is 5.65 Å². The second-order valence-electron chi connectivity index (χ2n) is 7.92. The van der Waals surface area contributed by atoms with Crippen molar-refractivity contribution in [1.29, 1.82) is 5.26 Å². The van der Waals surface area contributed by atoms with Gasteiger partial charge in [-0.1, -0.05) is 17.7 Å². The third-order valence-corrected chi connectivity index (χ3v) is 6.28. The van der Waals surface area contributed by atoms with Gasteiger partial charge in [0.25, 0.3) is 0 Å². The second-order valence-corrected chi connectivity index (χ2v) is 8.33. The van der Waals surface area contributed by atoms with Crippen molar-refractivity contribution in [2.24, 2.45) is 0 Å². The van der Waals surface area contributed by atoms with Crippen LogP contribution >= 0.6 is 11.6 Å². The van der Waals surface area contributed by atoms with Gasteiger partial charge in [0, 0.05) is 29.4 Å². The zero-order valence-electron chi connectivity index (χ0n) is 17.5. The topological polar surface area (TPSA) is 77.5 Å². The highest BCUT2D eigenvalue weighted by atomic mass is 35.5. The molecule has 0 saturated carbocycles. The highest BCUT2D eigenvalue weighted by Gasteiger charge is 2.27. The number of fused-ring (bicyclic) bond motifs is 1. The lowest BCUT2D eigenvalue weighted by Crippen LogP contribution is -2.43. The molecule has 3 heterocycles. The minimum absolute atomic E-state index is 0.00310. The number of halogens is 1. The molecule has 160 valence electrons. The molecule has 3 aromatic rings. The highest BCUT2D eigenvalue weighted by Crippen LogP contribution is 2.28. The fourth-order valence-electron chi connectivity index (χ4n) is 4.12. The number of nitriles is 1. The molecule has 7 nitrogen and oxygen atoms in total. The van der Waals surface area contributed by atoms with E-state index in [1.165, 1.54) is 0 Å². The first-order chi connectivity index (χ1) is 15.1. The molecule has 1 aliphatic heterocycles. The minimum atomic E-state index is 0.00310. The van der Waals surface area contributed by atoms with E-state index in [-0.39, 0.29) is 12.3 Å². The van der Waals surface area contributed by atoms with Crippen LogP contribution in [0.1, 0.15) is 36.6 Å². The number of nitrogens with zero attached hydrogens (tertiary/aromatic N) is 6. The van der Waals surface area contributed by atoms with E-state index < -0.39 is 0 Å². The van der Waals surface area contributed by atoms with Crippen LogP contribution in [0.15, 0.2) is 42.6 Å². The van der Waals surface area contributed by atoms with E-state index in [2.05, 4.69) is 25.6 Å². The van der Waals surface area contributed by atoms with Crippen LogP contribution in [-0.2, 0) is 4.79 Å². The van der Waals surface area contributed by atoms with Crippen LogP contribution in [0.3, 0.4) is 0 Å². The van der Waals surface area contributed by atoms with Gasteiger partial charge in [0.2, 0.25) is 5.91 Å². The second kappa shape index (κ2) is 9.46. The number of hydrogen-bond acceptors (Lipinski definition) is 5. The van der Waals surface area contributed by atoms with Crippen molar-refractivity contribution in [3.8, 4) is 6.07 Å². The molecule has 0 N–H and O–H groups in total. The number of hydrogen-bond donors (Lipinski definition) is 0. The SMILES string of the molecule is Cc1cc(N(CCC#N)C(=O)CN2CCC(c3nnc4ccccn34)CC2)ccc1Cl. The Labute approximate surface area is 186 Å². The zero-order valence-corrected chi connectivity index (χ0v) is 18.3. The number of benzene rings is 1. The van der Waals surface area contributed by atoms with Crippen molar-refractivity contribution in [3.63, 3.8) is 0 Å². The van der Waals surface area contributed by atoms with E-state index in [4.69, 9.17) is 16.9 Å². The summed E-state index contributed by atoms with van der Waals surface area (Å²) < 4.78 is 2.05. The lowest BCUT2D eigenvalue weighted by atomic mass is 9.96. The first-order valence-corrected chi connectivity index (χ1v) is 10.9. The van der Waals surface area contributed by atoms with Crippen LogP contribution in [0.25, 0.3) is 5.65 Å². The van der Waals surface area contributed by atoms with Crippen molar-refractivity contribution in [2.45, 2.75) is 32.1 Å². The van der Waals surface area contributed by atoms with E-state index >= 15 is 0 Å². The molecule has 1 aliphatic rings. The van der Waals surface area contributed by atoms with E-state index in [9.17, 15) is 4.79 Å². The molecule has 0 bridgehead atoms. The summed E-state index contributed by atoms with van der Waals surface area (Å²) in [6, 6.07) is 13.6. The number of piperidine rings is 1. The Morgan fingerprint density at radius 1 is 1.26 bits per heavy atom. The Morgan fingerprint density at radius 3 is 2.81 bits per heavy atom. The van der Waals surface area contributed by atoms with Crippen LogP contribution in [0, 0.1) is 18.3 Å². The third kappa shape index (κ3) is 4.71. The zero-order chi connectivity index (χ0) is 21.8. The lowest BCUT2D eigenvalue weighted by Gasteiger charge is -2.32. The normalized spacial score (nSPS) is 15.1. The van der Waals surface area contributed by atoms with Crippen LogP contribution in [0.4, 0.5) is 5.69 Å². The number of amides is 1. The molecule has 2 aromatic heterocycles. The molecule has 0 aliphatic carbocycles. The molecule has 1 amide bonds. The monoisotopic (exact) mass is 436 g/mol. The van der Waals surface area contributed by atoms with Crippen LogP contribution < -0.4 is 4.90 Å². The van der Waals surface area contributed by atoms with Crippen LogP contribution in [0.5, 0.6) is 0 Å². The average molecular weight is 437 g/mol. The van der Waals surface area contributed by atoms with Crippen molar-refractivity contribution in [2.75, 3.05) is 31.1 Å². The Balaban J connectivity index is 1.40. The predicted molar refractivity (Wildman–Crippen MR) is 120 cm³/mol. The van der Waals surface area contributed by atoms with Gasteiger partial charge in [-0.25, -0.2) is 0 Å². The van der Waals surface area contributed by atoms with Gasteiger partial charge < -0.3 is 4.90 Å². The van der Waals surface area contributed by atoms with Crippen LogP contribution in [0.2, 0.25) is 5.02 Å². The summed E-state index contributed by atoms with van der Waals surface area (Å²) in [5, 5.41) is 18.4. The molecule has 1 fully saturated rings. The van der Waals surface area contributed by atoms with Gasteiger partial charge in [-0.15, -0.1) is 10.2 Å². The molecule has 0 radical (unpaired) electrons. The summed E-state index contributed by atoms with van der Waals surface area (Å²) in [5.74, 6) is 1.33. The average Bonchev–Trinajstić information content (AvgIpc) is 3.21. The molecule has 31 heavy (non-hydrogen) atoms. The van der Waals surface area contributed by atoms with Gasteiger partial charge in [0.05, 0.1) is 19.0 Å². The standard InChI is InChI=1S/C23H25ClN6O/c1-17-15-19(6-7-20(17)24)29(12-4-10-25)22(31)16-28-13-8-18(9-14-28)23-27-26-21-5-2-3-11-30(21)23/h2-3,5-7,11,15,18H,4,8-9,12-14,16H2,1H3. The van der Waals surface area contributed by atoms with Crippen molar-refractivity contribution < 1.29 is 4.79 Å². The fraction of sp³-hybridized carbons (Fsp3) is 0.391. The maximum atomic E-state index is 13.1. The van der Waals surface area contributed by atoms with Gasteiger partial charge in [0.1, 0.15) is 5.82 Å². The lowest BCUT2D eigenvalue weighted by molar-refractivity contribution is -0.120. The summed E-state index contributed by atoms with van der Waals surface area (Å²) in [4.78, 5) is 17.0. The largest absolute Gasteiger partial charge is 0.310 e. The molecule has 0 spiro atoms. The predicted octanol–water partition coefficient (Wildman–Crippen LogP) is 3.82. The number of pyridine rings is 1. The van der Waals surface area contributed by atoms with Crippen molar-refractivity contribution in [3.05, 3.63) is 59.0 Å². The number of anilines is 1. The summed E-state index contributed by atoms with van der Waals surface area (Å²) in [6.07, 6.45) is 4.15. The number of likely N-dealkylation sites (tertiary alicyclic amines) is 1. The Kier molecular flexibility index (Phi) is 6.50. The number of aryl methyl sites for hydroxylation is 1. The quantitative estimate of drug-likeness (QED) is 0.587. The summed E-state index contributed by atoms with van der Waals surface area (Å²) in [6.45, 7) is 4.27. The van der Waals surface area contributed by atoms with Gasteiger partial charge in [-0.05, 0) is 68.8 Å². The summed E-state index contributed by atoms with van der Waals surface area (Å²) in [7, 11) is 0. The van der Waals surface area contributed by atoms with E-state index in [0.29, 0.717) is 24.0 Å². The number of rotatable bonds is 6. The first kappa shape index (κ1) is 21.3. The number of carbonyl (C=O) groups excluding carboxylic acids is 1. The number of aromatic nitrogens is 3. The minimum Gasteiger partial charge on any atom is -0.310 e. The maximum absolute atomic E-state index is 13.1. The Hall–Kier alpha value is -2.95. The van der Waals surface area contributed by atoms with Gasteiger partial charge in [-0.2, -0.15) is 5.26 Å². The first-order valence-electron chi connectivity index (χ1n) is 10.5. The molecule has 1 saturated heterocycles. The number of carbonyl (C=O) groups is 1.